The number of halogens is 1. The van der Waals surface area contributed by atoms with Crippen LogP contribution in [-0.4, -0.2) is 24.7 Å². The first kappa shape index (κ1) is 12.6. The van der Waals surface area contributed by atoms with Crippen molar-refractivity contribution in [1.82, 2.24) is 10.3 Å². The van der Waals surface area contributed by atoms with Crippen LogP contribution in [0.5, 0.6) is 0 Å². The van der Waals surface area contributed by atoms with Crippen molar-refractivity contribution in [2.45, 2.75) is 25.9 Å². The van der Waals surface area contributed by atoms with Crippen LogP contribution in [0.25, 0.3) is 0 Å². The minimum Gasteiger partial charge on any atom is -0.385 e. The SMILES string of the molecule is COCCC(C)NCc1cccc(Br)n1. The van der Waals surface area contributed by atoms with E-state index in [2.05, 4.69) is 33.2 Å². The van der Waals surface area contributed by atoms with Crippen molar-refractivity contribution in [3.05, 3.63) is 28.5 Å². The Labute approximate surface area is 99.4 Å². The minimum atomic E-state index is 0.450. The van der Waals surface area contributed by atoms with Gasteiger partial charge in [-0.15, -0.1) is 0 Å². The molecule has 15 heavy (non-hydrogen) atoms. The molecular formula is C11H17BrN2O. The Morgan fingerprint density at radius 2 is 2.33 bits per heavy atom. The summed E-state index contributed by atoms with van der Waals surface area (Å²) in [5.41, 5.74) is 1.05. The van der Waals surface area contributed by atoms with E-state index in [1.165, 1.54) is 0 Å². The summed E-state index contributed by atoms with van der Waals surface area (Å²) in [6, 6.07) is 6.39. The molecule has 1 atom stereocenters. The Morgan fingerprint density at radius 3 is 3.00 bits per heavy atom. The molecular weight excluding hydrogens is 256 g/mol. The number of aromatic nitrogens is 1. The third-order valence-electron chi connectivity index (χ3n) is 2.16. The fourth-order valence-electron chi connectivity index (χ4n) is 1.22. The molecule has 1 aromatic rings. The van der Waals surface area contributed by atoms with E-state index in [1.54, 1.807) is 7.11 Å². The lowest BCUT2D eigenvalue weighted by molar-refractivity contribution is 0.184. The van der Waals surface area contributed by atoms with Gasteiger partial charge in [-0.1, -0.05) is 6.07 Å². The van der Waals surface area contributed by atoms with Gasteiger partial charge in [-0.3, -0.25) is 0 Å². The molecule has 1 rings (SSSR count). The second-order valence-corrected chi connectivity index (χ2v) is 4.33. The first-order chi connectivity index (χ1) is 7.22. The van der Waals surface area contributed by atoms with Crippen LogP contribution in [0.15, 0.2) is 22.8 Å². The van der Waals surface area contributed by atoms with Gasteiger partial charge < -0.3 is 10.1 Å². The predicted octanol–water partition coefficient (Wildman–Crippen LogP) is 2.36. The van der Waals surface area contributed by atoms with Crippen LogP contribution in [0, 0.1) is 0 Å². The number of nitrogens with one attached hydrogen (secondary N) is 1. The average Bonchev–Trinajstić information content (AvgIpc) is 2.23. The summed E-state index contributed by atoms with van der Waals surface area (Å²) in [7, 11) is 1.72. The highest BCUT2D eigenvalue weighted by Crippen LogP contribution is 2.06. The normalized spacial score (nSPS) is 12.7. The zero-order valence-corrected chi connectivity index (χ0v) is 10.8. The summed E-state index contributed by atoms with van der Waals surface area (Å²) >= 11 is 3.35. The summed E-state index contributed by atoms with van der Waals surface area (Å²) in [5.74, 6) is 0. The van der Waals surface area contributed by atoms with Crippen molar-refractivity contribution in [2.24, 2.45) is 0 Å². The Kier molecular flexibility index (Phi) is 5.83. The third kappa shape index (κ3) is 5.25. The number of ether oxygens (including phenoxy) is 1. The maximum Gasteiger partial charge on any atom is 0.106 e. The van der Waals surface area contributed by atoms with Crippen LogP contribution in [0.2, 0.25) is 0 Å². The highest BCUT2D eigenvalue weighted by molar-refractivity contribution is 9.10. The monoisotopic (exact) mass is 272 g/mol. The minimum absolute atomic E-state index is 0.450. The Bertz CT molecular complexity index is 294. The largest absolute Gasteiger partial charge is 0.385 e. The van der Waals surface area contributed by atoms with Crippen LogP contribution >= 0.6 is 15.9 Å². The third-order valence-corrected chi connectivity index (χ3v) is 2.60. The predicted molar refractivity (Wildman–Crippen MR) is 64.7 cm³/mol. The molecule has 0 radical (unpaired) electrons. The van der Waals surface area contributed by atoms with Gasteiger partial charge in [-0.2, -0.15) is 0 Å². The van der Waals surface area contributed by atoms with Crippen molar-refractivity contribution in [3.63, 3.8) is 0 Å². The summed E-state index contributed by atoms with van der Waals surface area (Å²) < 4.78 is 5.90. The summed E-state index contributed by atoms with van der Waals surface area (Å²) in [6.45, 7) is 3.74. The van der Waals surface area contributed by atoms with Crippen LogP contribution in [0.4, 0.5) is 0 Å². The Balaban J connectivity index is 2.30. The van der Waals surface area contributed by atoms with Crippen molar-refractivity contribution in [1.29, 1.82) is 0 Å². The standard InChI is InChI=1S/C11H17BrN2O/c1-9(6-7-15-2)13-8-10-4-3-5-11(12)14-10/h3-5,9,13H,6-8H2,1-2H3. The van der Waals surface area contributed by atoms with E-state index < -0.39 is 0 Å². The van der Waals surface area contributed by atoms with Gasteiger partial charge in [-0.05, 0) is 41.4 Å². The smallest absolute Gasteiger partial charge is 0.106 e. The fraction of sp³-hybridized carbons (Fsp3) is 0.545. The van der Waals surface area contributed by atoms with Crippen LogP contribution < -0.4 is 5.32 Å². The first-order valence-corrected chi connectivity index (χ1v) is 5.85. The number of hydrogen-bond acceptors (Lipinski definition) is 3. The van der Waals surface area contributed by atoms with E-state index in [4.69, 9.17) is 4.74 Å². The maximum absolute atomic E-state index is 5.02. The number of rotatable bonds is 6. The summed E-state index contributed by atoms with van der Waals surface area (Å²) in [5, 5.41) is 3.40. The van der Waals surface area contributed by atoms with Crippen molar-refractivity contribution >= 4 is 15.9 Å². The van der Waals surface area contributed by atoms with Crippen LogP contribution in [0.3, 0.4) is 0 Å². The highest BCUT2D eigenvalue weighted by Gasteiger charge is 2.01. The number of nitrogens with zero attached hydrogens (tertiary/aromatic N) is 1. The fourth-order valence-corrected chi connectivity index (χ4v) is 1.60. The van der Waals surface area contributed by atoms with E-state index in [9.17, 15) is 0 Å². The summed E-state index contributed by atoms with van der Waals surface area (Å²) in [4.78, 5) is 4.35. The zero-order valence-electron chi connectivity index (χ0n) is 9.16. The molecule has 0 amide bonds. The molecule has 3 nitrogen and oxygen atoms in total. The van der Waals surface area contributed by atoms with Gasteiger partial charge in [-0.25, -0.2) is 4.98 Å². The van der Waals surface area contributed by atoms with Crippen LogP contribution in [-0.2, 0) is 11.3 Å². The van der Waals surface area contributed by atoms with Gasteiger partial charge in [0, 0.05) is 26.3 Å². The molecule has 0 aliphatic heterocycles. The molecule has 0 aromatic carbocycles. The lowest BCUT2D eigenvalue weighted by atomic mass is 10.2. The van der Waals surface area contributed by atoms with Gasteiger partial charge in [0.15, 0.2) is 0 Å². The van der Waals surface area contributed by atoms with Crippen molar-refractivity contribution in [2.75, 3.05) is 13.7 Å². The Morgan fingerprint density at radius 1 is 1.53 bits per heavy atom. The van der Waals surface area contributed by atoms with E-state index >= 15 is 0 Å². The van der Waals surface area contributed by atoms with Gasteiger partial charge in [0.2, 0.25) is 0 Å². The molecule has 84 valence electrons. The van der Waals surface area contributed by atoms with E-state index in [0.717, 1.165) is 29.9 Å². The summed E-state index contributed by atoms with van der Waals surface area (Å²) in [6.07, 6.45) is 1.02. The number of hydrogen-bond donors (Lipinski definition) is 1. The highest BCUT2D eigenvalue weighted by atomic mass is 79.9. The quantitative estimate of drug-likeness (QED) is 0.808. The van der Waals surface area contributed by atoms with E-state index in [1.807, 2.05) is 18.2 Å². The van der Waals surface area contributed by atoms with Crippen molar-refractivity contribution in [3.8, 4) is 0 Å². The molecule has 0 saturated carbocycles. The van der Waals surface area contributed by atoms with Crippen LogP contribution in [0.1, 0.15) is 19.0 Å². The zero-order chi connectivity index (χ0) is 11.1. The lowest BCUT2D eigenvalue weighted by Crippen LogP contribution is -2.27. The molecule has 0 aliphatic rings. The van der Waals surface area contributed by atoms with Gasteiger partial charge >= 0.3 is 0 Å². The van der Waals surface area contributed by atoms with Gasteiger partial charge in [0.25, 0.3) is 0 Å². The molecule has 1 unspecified atom stereocenters. The van der Waals surface area contributed by atoms with Gasteiger partial charge in [0.1, 0.15) is 4.60 Å². The molecule has 0 aliphatic carbocycles. The first-order valence-electron chi connectivity index (χ1n) is 5.06. The topological polar surface area (TPSA) is 34.1 Å². The molecule has 0 saturated heterocycles. The van der Waals surface area contributed by atoms with Gasteiger partial charge in [0.05, 0.1) is 5.69 Å². The van der Waals surface area contributed by atoms with Crippen molar-refractivity contribution < 1.29 is 4.74 Å². The molecule has 4 heteroatoms. The number of methoxy groups -OCH3 is 1. The molecule has 1 N–H and O–H groups in total. The molecule has 0 fully saturated rings. The molecule has 0 bridgehead atoms. The molecule has 1 aromatic heterocycles. The lowest BCUT2D eigenvalue weighted by Gasteiger charge is -2.12. The molecule has 1 heterocycles. The average molecular weight is 273 g/mol. The van der Waals surface area contributed by atoms with E-state index in [0.29, 0.717) is 6.04 Å². The van der Waals surface area contributed by atoms with E-state index in [-0.39, 0.29) is 0 Å². The Hall–Kier alpha value is -0.450. The second kappa shape index (κ2) is 6.93. The number of pyridine rings is 1. The second-order valence-electron chi connectivity index (χ2n) is 3.52. The molecule has 0 spiro atoms. The maximum atomic E-state index is 5.02.